The van der Waals surface area contributed by atoms with Gasteiger partial charge in [-0.1, -0.05) is 31.5 Å². The van der Waals surface area contributed by atoms with E-state index < -0.39 is 10.8 Å². The fourth-order valence-electron chi connectivity index (χ4n) is 2.20. The van der Waals surface area contributed by atoms with Crippen LogP contribution < -0.4 is 5.32 Å². The number of carbonyl (C=O) groups is 1. The molecule has 0 spiro atoms. The van der Waals surface area contributed by atoms with Gasteiger partial charge in [0.15, 0.2) is 0 Å². The SMILES string of the molecule is Cc1ccc(NC(=O)c2ccc(SCCC(C)C)c([N+](=O)[O-])c2)cc1Cl. The summed E-state index contributed by atoms with van der Waals surface area (Å²) in [6.07, 6.45) is 0.970. The van der Waals surface area contributed by atoms with Crippen molar-refractivity contribution in [1.82, 2.24) is 0 Å². The summed E-state index contributed by atoms with van der Waals surface area (Å²) in [5, 5.41) is 14.6. The molecule has 5 nitrogen and oxygen atoms in total. The molecular weight excluding hydrogens is 372 g/mol. The van der Waals surface area contributed by atoms with Gasteiger partial charge < -0.3 is 5.32 Å². The van der Waals surface area contributed by atoms with Crippen LogP contribution in [0.3, 0.4) is 0 Å². The van der Waals surface area contributed by atoms with Crippen LogP contribution in [-0.2, 0) is 0 Å². The van der Waals surface area contributed by atoms with Crippen molar-refractivity contribution in [2.45, 2.75) is 32.1 Å². The first-order valence-corrected chi connectivity index (χ1v) is 9.63. The van der Waals surface area contributed by atoms with Crippen molar-refractivity contribution in [3.63, 3.8) is 0 Å². The van der Waals surface area contributed by atoms with Crippen molar-refractivity contribution >= 4 is 40.6 Å². The van der Waals surface area contributed by atoms with E-state index in [2.05, 4.69) is 19.2 Å². The molecule has 0 atom stereocenters. The van der Waals surface area contributed by atoms with Gasteiger partial charge in [0.1, 0.15) is 0 Å². The summed E-state index contributed by atoms with van der Waals surface area (Å²) in [5.74, 6) is 0.922. The molecule has 0 fully saturated rings. The second-order valence-corrected chi connectivity index (χ2v) is 7.93. The third-order valence-electron chi connectivity index (χ3n) is 3.80. The van der Waals surface area contributed by atoms with E-state index in [9.17, 15) is 14.9 Å². The zero-order chi connectivity index (χ0) is 19.3. The zero-order valence-corrected chi connectivity index (χ0v) is 16.5. The van der Waals surface area contributed by atoms with Crippen molar-refractivity contribution in [3.05, 3.63) is 62.7 Å². The molecule has 0 aliphatic carbocycles. The molecule has 0 heterocycles. The predicted octanol–water partition coefficient (Wildman–Crippen LogP) is 5.95. The molecule has 0 saturated carbocycles. The standard InChI is InChI=1S/C19H21ClN2O3S/c1-12(2)8-9-26-18-7-5-14(10-17(18)22(24)25)19(23)21-15-6-4-13(3)16(20)11-15/h4-7,10-12H,8-9H2,1-3H3,(H,21,23). The van der Waals surface area contributed by atoms with Gasteiger partial charge in [-0.25, -0.2) is 0 Å². The minimum absolute atomic E-state index is 0.0478. The molecule has 1 N–H and O–H groups in total. The Kier molecular flexibility index (Phi) is 7.06. The van der Waals surface area contributed by atoms with Crippen molar-refractivity contribution in [2.24, 2.45) is 5.92 Å². The zero-order valence-electron chi connectivity index (χ0n) is 14.9. The predicted molar refractivity (Wildman–Crippen MR) is 107 cm³/mol. The quantitative estimate of drug-likeness (QED) is 0.359. The Morgan fingerprint density at radius 1 is 1.27 bits per heavy atom. The van der Waals surface area contributed by atoms with Gasteiger partial charge in [-0.15, -0.1) is 11.8 Å². The molecule has 7 heteroatoms. The van der Waals surface area contributed by atoms with Crippen LogP contribution in [0.25, 0.3) is 0 Å². The molecular formula is C19H21ClN2O3S. The Labute approximate surface area is 162 Å². The van der Waals surface area contributed by atoms with Crippen LogP contribution in [0.1, 0.15) is 36.2 Å². The third kappa shape index (κ3) is 5.47. The highest BCUT2D eigenvalue weighted by Crippen LogP contribution is 2.31. The van der Waals surface area contributed by atoms with Gasteiger partial charge in [-0.05, 0) is 54.8 Å². The second-order valence-electron chi connectivity index (χ2n) is 6.39. The van der Waals surface area contributed by atoms with E-state index in [4.69, 9.17) is 11.6 Å². The van der Waals surface area contributed by atoms with Crippen molar-refractivity contribution < 1.29 is 9.72 Å². The lowest BCUT2D eigenvalue weighted by Crippen LogP contribution is -2.12. The number of aryl methyl sites for hydroxylation is 1. The van der Waals surface area contributed by atoms with Gasteiger partial charge >= 0.3 is 0 Å². The summed E-state index contributed by atoms with van der Waals surface area (Å²) < 4.78 is 0. The Balaban J connectivity index is 2.18. The van der Waals surface area contributed by atoms with E-state index >= 15 is 0 Å². The molecule has 0 unspecified atom stereocenters. The number of hydrogen-bond donors (Lipinski definition) is 1. The largest absolute Gasteiger partial charge is 0.322 e. The molecule has 1 amide bonds. The topological polar surface area (TPSA) is 72.2 Å². The highest BCUT2D eigenvalue weighted by atomic mass is 35.5. The summed E-state index contributed by atoms with van der Waals surface area (Å²) in [5.41, 5.74) is 1.64. The molecule has 2 rings (SSSR count). The fraction of sp³-hybridized carbons (Fsp3) is 0.316. The van der Waals surface area contributed by atoms with E-state index in [-0.39, 0.29) is 11.3 Å². The number of anilines is 1. The van der Waals surface area contributed by atoms with Crippen LogP contribution in [-0.4, -0.2) is 16.6 Å². The maximum Gasteiger partial charge on any atom is 0.283 e. The van der Waals surface area contributed by atoms with Gasteiger partial charge in [0.25, 0.3) is 11.6 Å². The van der Waals surface area contributed by atoms with Gasteiger partial charge in [0.05, 0.1) is 9.82 Å². The first-order chi connectivity index (χ1) is 12.3. The minimum Gasteiger partial charge on any atom is -0.322 e. The first kappa shape index (κ1) is 20.3. The van der Waals surface area contributed by atoms with Crippen LogP contribution >= 0.6 is 23.4 Å². The van der Waals surface area contributed by atoms with Crippen LogP contribution in [0, 0.1) is 23.0 Å². The van der Waals surface area contributed by atoms with Gasteiger partial charge in [0.2, 0.25) is 0 Å². The van der Waals surface area contributed by atoms with Crippen molar-refractivity contribution in [3.8, 4) is 0 Å². The van der Waals surface area contributed by atoms with Crippen LogP contribution in [0.5, 0.6) is 0 Å². The van der Waals surface area contributed by atoms with E-state index in [1.807, 2.05) is 6.92 Å². The fourth-order valence-corrected chi connectivity index (χ4v) is 3.64. The average molecular weight is 393 g/mol. The lowest BCUT2D eigenvalue weighted by Gasteiger charge is -2.09. The number of thioether (sulfide) groups is 1. The third-order valence-corrected chi connectivity index (χ3v) is 5.30. The molecule has 0 bridgehead atoms. The van der Waals surface area contributed by atoms with Crippen LogP contribution in [0.2, 0.25) is 5.02 Å². The first-order valence-electron chi connectivity index (χ1n) is 8.26. The lowest BCUT2D eigenvalue weighted by atomic mass is 10.1. The maximum absolute atomic E-state index is 12.4. The van der Waals surface area contributed by atoms with E-state index in [0.29, 0.717) is 21.5 Å². The van der Waals surface area contributed by atoms with Crippen LogP contribution in [0.15, 0.2) is 41.3 Å². The van der Waals surface area contributed by atoms with E-state index in [1.54, 1.807) is 30.3 Å². The van der Waals surface area contributed by atoms with Gasteiger partial charge in [-0.3, -0.25) is 14.9 Å². The summed E-state index contributed by atoms with van der Waals surface area (Å²) in [6, 6.07) is 9.76. The summed E-state index contributed by atoms with van der Waals surface area (Å²) in [4.78, 5) is 23.9. The molecule has 2 aromatic rings. The Morgan fingerprint density at radius 3 is 2.62 bits per heavy atom. The molecule has 26 heavy (non-hydrogen) atoms. The molecule has 0 aliphatic heterocycles. The highest BCUT2D eigenvalue weighted by Gasteiger charge is 2.18. The number of nitrogens with zero attached hydrogens (tertiary/aromatic N) is 1. The van der Waals surface area contributed by atoms with Crippen molar-refractivity contribution in [1.29, 1.82) is 0 Å². The van der Waals surface area contributed by atoms with Crippen LogP contribution in [0.4, 0.5) is 11.4 Å². The summed E-state index contributed by atoms with van der Waals surface area (Å²) in [7, 11) is 0. The second kappa shape index (κ2) is 9.05. The number of amides is 1. The molecule has 2 aromatic carbocycles. The molecule has 0 saturated heterocycles. The normalized spacial score (nSPS) is 10.8. The van der Waals surface area contributed by atoms with Gasteiger partial charge in [-0.2, -0.15) is 0 Å². The Bertz CT molecular complexity index is 824. The van der Waals surface area contributed by atoms with E-state index in [1.165, 1.54) is 17.8 Å². The number of benzene rings is 2. The summed E-state index contributed by atoms with van der Waals surface area (Å²) >= 11 is 7.50. The maximum atomic E-state index is 12.4. The smallest absolute Gasteiger partial charge is 0.283 e. The highest BCUT2D eigenvalue weighted by molar-refractivity contribution is 7.99. The number of nitro benzene ring substituents is 1. The van der Waals surface area contributed by atoms with Crippen molar-refractivity contribution in [2.75, 3.05) is 11.1 Å². The molecule has 138 valence electrons. The molecule has 0 aliphatic rings. The Morgan fingerprint density at radius 2 is 2.00 bits per heavy atom. The number of rotatable bonds is 7. The summed E-state index contributed by atoms with van der Waals surface area (Å²) in [6.45, 7) is 6.09. The molecule has 0 radical (unpaired) electrons. The Hall–Kier alpha value is -2.05. The average Bonchev–Trinajstić information content (AvgIpc) is 2.57. The number of nitrogens with one attached hydrogen (secondary N) is 1. The number of nitro groups is 1. The van der Waals surface area contributed by atoms with Gasteiger partial charge in [0, 0.05) is 22.3 Å². The number of hydrogen-bond acceptors (Lipinski definition) is 4. The monoisotopic (exact) mass is 392 g/mol. The lowest BCUT2D eigenvalue weighted by molar-refractivity contribution is -0.387. The van der Waals surface area contributed by atoms with E-state index in [0.717, 1.165) is 17.7 Å². The number of halogens is 1. The minimum atomic E-state index is -0.447. The number of carbonyl (C=O) groups excluding carboxylic acids is 1. The molecule has 0 aromatic heterocycles.